The first-order valence-electron chi connectivity index (χ1n) is 8.86. The van der Waals surface area contributed by atoms with E-state index in [1.165, 1.54) is 12.8 Å². The van der Waals surface area contributed by atoms with Crippen molar-refractivity contribution < 1.29 is 19.1 Å². The third-order valence-corrected chi connectivity index (χ3v) is 4.98. The van der Waals surface area contributed by atoms with Crippen LogP contribution in [0.4, 0.5) is 4.79 Å². The van der Waals surface area contributed by atoms with E-state index in [1.807, 2.05) is 32.6 Å². The lowest BCUT2D eigenvalue weighted by atomic mass is 9.56. The van der Waals surface area contributed by atoms with E-state index in [-0.39, 0.29) is 12.1 Å². The van der Waals surface area contributed by atoms with E-state index in [9.17, 15) is 9.59 Å². The zero-order chi connectivity index (χ0) is 17.1. The molecule has 0 bridgehead atoms. The highest BCUT2D eigenvalue weighted by molar-refractivity contribution is 5.69. The summed E-state index contributed by atoms with van der Waals surface area (Å²) in [7, 11) is 0. The summed E-state index contributed by atoms with van der Waals surface area (Å²) in [4.78, 5) is 25.3. The highest BCUT2D eigenvalue weighted by atomic mass is 16.6. The summed E-state index contributed by atoms with van der Waals surface area (Å²) in [5, 5.41) is 0. The fourth-order valence-corrected chi connectivity index (χ4v) is 3.82. The van der Waals surface area contributed by atoms with Crippen LogP contribution in [0, 0.1) is 11.3 Å². The lowest BCUT2D eigenvalue weighted by molar-refractivity contribution is -0.144. The molecule has 1 saturated heterocycles. The summed E-state index contributed by atoms with van der Waals surface area (Å²) in [6.07, 6.45) is 5.79. The molecule has 5 heteroatoms. The molecule has 1 heterocycles. The van der Waals surface area contributed by atoms with Crippen molar-refractivity contribution in [3.8, 4) is 0 Å². The van der Waals surface area contributed by atoms with E-state index in [4.69, 9.17) is 9.47 Å². The number of likely N-dealkylation sites (tertiary alicyclic amines) is 1. The fraction of sp³-hybridized carbons (Fsp3) is 0.889. The van der Waals surface area contributed by atoms with Crippen LogP contribution in [0.2, 0.25) is 0 Å². The predicted octanol–water partition coefficient (Wildman–Crippen LogP) is 3.76. The first-order valence-corrected chi connectivity index (χ1v) is 8.86. The number of amides is 1. The van der Waals surface area contributed by atoms with Crippen LogP contribution in [0.15, 0.2) is 0 Å². The number of carbonyl (C=O) groups is 2. The van der Waals surface area contributed by atoms with Crippen molar-refractivity contribution in [2.75, 3.05) is 19.7 Å². The average molecular weight is 325 g/mol. The van der Waals surface area contributed by atoms with Gasteiger partial charge in [0.15, 0.2) is 0 Å². The van der Waals surface area contributed by atoms with Gasteiger partial charge in [-0.3, -0.25) is 4.79 Å². The Morgan fingerprint density at radius 1 is 1.17 bits per heavy atom. The average Bonchev–Trinajstić information content (AvgIpc) is 2.41. The minimum absolute atomic E-state index is 0.0757. The van der Waals surface area contributed by atoms with Crippen LogP contribution in [-0.2, 0) is 14.3 Å². The van der Waals surface area contributed by atoms with Gasteiger partial charge >= 0.3 is 12.1 Å². The lowest BCUT2D eigenvalue weighted by Gasteiger charge is -2.52. The molecule has 1 aliphatic carbocycles. The molecular weight excluding hydrogens is 294 g/mol. The Labute approximate surface area is 139 Å². The van der Waals surface area contributed by atoms with Crippen molar-refractivity contribution in [1.82, 2.24) is 4.90 Å². The molecule has 1 spiro atoms. The number of hydrogen-bond donors (Lipinski definition) is 0. The molecule has 1 amide bonds. The van der Waals surface area contributed by atoms with Crippen molar-refractivity contribution in [1.29, 1.82) is 0 Å². The zero-order valence-corrected chi connectivity index (χ0v) is 15.0. The zero-order valence-electron chi connectivity index (χ0n) is 15.0. The van der Waals surface area contributed by atoms with E-state index in [0.717, 1.165) is 32.4 Å². The van der Waals surface area contributed by atoms with Crippen molar-refractivity contribution in [2.24, 2.45) is 11.3 Å². The number of nitrogens with zero attached hydrogens (tertiary/aromatic N) is 1. The highest BCUT2D eigenvalue weighted by Crippen LogP contribution is 2.54. The van der Waals surface area contributed by atoms with E-state index >= 15 is 0 Å². The third kappa shape index (κ3) is 5.11. The van der Waals surface area contributed by atoms with Crippen LogP contribution in [0.1, 0.15) is 66.2 Å². The third-order valence-electron chi connectivity index (χ3n) is 4.98. The van der Waals surface area contributed by atoms with Gasteiger partial charge in [0.25, 0.3) is 0 Å². The molecule has 0 radical (unpaired) electrons. The predicted molar refractivity (Wildman–Crippen MR) is 88.1 cm³/mol. The van der Waals surface area contributed by atoms with Gasteiger partial charge in [-0.25, -0.2) is 4.79 Å². The molecular formula is C18H31NO4. The van der Waals surface area contributed by atoms with Gasteiger partial charge in [0.2, 0.25) is 0 Å². The van der Waals surface area contributed by atoms with Crippen LogP contribution in [0.5, 0.6) is 0 Å². The first-order chi connectivity index (χ1) is 10.7. The standard InChI is InChI=1S/C18H31NO4/c1-5-22-15(20)7-6-14-12-18(13-14)8-10-19(11-9-18)16(21)23-17(2,3)4/h14H,5-13H2,1-4H3. The Morgan fingerprint density at radius 3 is 2.30 bits per heavy atom. The van der Waals surface area contributed by atoms with Gasteiger partial charge in [-0.1, -0.05) is 0 Å². The van der Waals surface area contributed by atoms with Crippen LogP contribution < -0.4 is 0 Å². The molecule has 0 aromatic heterocycles. The van der Waals surface area contributed by atoms with Crippen molar-refractivity contribution in [3.63, 3.8) is 0 Å². The molecule has 0 N–H and O–H groups in total. The number of rotatable bonds is 4. The summed E-state index contributed by atoms with van der Waals surface area (Å²) in [6, 6.07) is 0. The van der Waals surface area contributed by atoms with E-state index in [2.05, 4.69) is 0 Å². The Morgan fingerprint density at radius 2 is 1.78 bits per heavy atom. The summed E-state index contributed by atoms with van der Waals surface area (Å²) >= 11 is 0. The summed E-state index contributed by atoms with van der Waals surface area (Å²) < 4.78 is 10.4. The maximum absolute atomic E-state index is 12.1. The molecule has 1 aliphatic heterocycles. The normalized spacial score (nSPS) is 21.0. The van der Waals surface area contributed by atoms with Gasteiger partial charge in [-0.2, -0.15) is 0 Å². The highest BCUT2D eigenvalue weighted by Gasteiger charge is 2.46. The van der Waals surface area contributed by atoms with Gasteiger partial charge < -0.3 is 14.4 Å². The Bertz CT molecular complexity index is 425. The summed E-state index contributed by atoms with van der Waals surface area (Å²) in [6.45, 7) is 9.59. The molecule has 5 nitrogen and oxygen atoms in total. The molecule has 0 unspecified atom stereocenters. The molecule has 2 rings (SSSR count). The Hall–Kier alpha value is -1.26. The number of piperidine rings is 1. The first kappa shape index (κ1) is 18.1. The Kier molecular flexibility index (Phi) is 5.58. The molecule has 23 heavy (non-hydrogen) atoms. The molecule has 0 aromatic rings. The number of esters is 1. The maximum Gasteiger partial charge on any atom is 0.410 e. The SMILES string of the molecule is CCOC(=O)CCC1CC2(CCN(C(=O)OC(C)(C)C)CC2)C1. The van der Waals surface area contributed by atoms with Crippen molar-refractivity contribution in [3.05, 3.63) is 0 Å². The van der Waals surface area contributed by atoms with E-state index in [1.54, 1.807) is 0 Å². The van der Waals surface area contributed by atoms with Gasteiger partial charge in [0.1, 0.15) is 5.60 Å². The second-order valence-corrected chi connectivity index (χ2v) is 8.09. The summed E-state index contributed by atoms with van der Waals surface area (Å²) in [5.74, 6) is 0.570. The monoisotopic (exact) mass is 325 g/mol. The molecule has 0 atom stereocenters. The van der Waals surface area contributed by atoms with Crippen molar-refractivity contribution in [2.45, 2.75) is 71.8 Å². The minimum atomic E-state index is -0.430. The lowest BCUT2D eigenvalue weighted by Crippen LogP contribution is -2.49. The van der Waals surface area contributed by atoms with Gasteiger partial charge in [-0.05, 0) is 71.1 Å². The molecule has 132 valence electrons. The topological polar surface area (TPSA) is 55.8 Å². The minimum Gasteiger partial charge on any atom is -0.466 e. The molecule has 0 aromatic carbocycles. The summed E-state index contributed by atoms with van der Waals surface area (Å²) in [5.41, 5.74) is -0.0290. The second-order valence-electron chi connectivity index (χ2n) is 8.09. The van der Waals surface area contributed by atoms with Crippen LogP contribution in [0.3, 0.4) is 0 Å². The maximum atomic E-state index is 12.1. The van der Waals surface area contributed by atoms with Crippen molar-refractivity contribution >= 4 is 12.1 Å². The van der Waals surface area contributed by atoms with Crippen LogP contribution in [-0.4, -0.2) is 42.3 Å². The van der Waals surface area contributed by atoms with Crippen LogP contribution >= 0.6 is 0 Å². The smallest absolute Gasteiger partial charge is 0.410 e. The molecule has 1 saturated carbocycles. The number of ether oxygens (including phenoxy) is 2. The molecule has 2 aliphatic rings. The second kappa shape index (κ2) is 7.10. The van der Waals surface area contributed by atoms with E-state index in [0.29, 0.717) is 24.4 Å². The van der Waals surface area contributed by atoms with E-state index < -0.39 is 5.60 Å². The largest absolute Gasteiger partial charge is 0.466 e. The number of hydrogen-bond acceptors (Lipinski definition) is 4. The van der Waals surface area contributed by atoms with Crippen LogP contribution in [0.25, 0.3) is 0 Å². The Balaban J connectivity index is 1.68. The van der Waals surface area contributed by atoms with Gasteiger partial charge in [-0.15, -0.1) is 0 Å². The van der Waals surface area contributed by atoms with Gasteiger partial charge in [0, 0.05) is 19.5 Å². The number of carbonyl (C=O) groups excluding carboxylic acids is 2. The molecule has 2 fully saturated rings. The quantitative estimate of drug-likeness (QED) is 0.739. The van der Waals surface area contributed by atoms with Gasteiger partial charge in [0.05, 0.1) is 6.61 Å². The fourth-order valence-electron chi connectivity index (χ4n) is 3.82.